The summed E-state index contributed by atoms with van der Waals surface area (Å²) >= 11 is 0. The Labute approximate surface area is 197 Å². The van der Waals surface area contributed by atoms with Gasteiger partial charge in [-0.3, -0.25) is 4.68 Å². The summed E-state index contributed by atoms with van der Waals surface area (Å²) in [5, 5.41) is 7.44. The van der Waals surface area contributed by atoms with Crippen LogP contribution in [-0.2, 0) is 16.4 Å². The van der Waals surface area contributed by atoms with Gasteiger partial charge in [-0.05, 0) is 51.0 Å². The second-order valence-corrected chi connectivity index (χ2v) is 10.9. The summed E-state index contributed by atoms with van der Waals surface area (Å²) in [5.41, 5.74) is 2.21. The van der Waals surface area contributed by atoms with Crippen LogP contribution in [-0.4, -0.2) is 56.0 Å². The molecule has 11 heteroatoms. The number of rotatable bonds is 8. The Hall–Kier alpha value is -3.60. The van der Waals surface area contributed by atoms with E-state index in [4.69, 9.17) is 9.72 Å². The van der Waals surface area contributed by atoms with Gasteiger partial charge in [-0.25, -0.2) is 23.4 Å². The van der Waals surface area contributed by atoms with Crippen molar-refractivity contribution in [2.45, 2.75) is 49.8 Å². The molecular weight excluding hydrogens is 454 g/mol. The number of anilines is 1. The summed E-state index contributed by atoms with van der Waals surface area (Å²) in [4.78, 5) is 18.3. The van der Waals surface area contributed by atoms with Crippen molar-refractivity contribution >= 4 is 26.8 Å². The highest BCUT2D eigenvalue weighted by Crippen LogP contribution is 2.41. The SMILES string of the molecule is CC(Cn1cncn1)Nc1nc(OC2(C)CC2)c2nc(-c3cccc(S(C)(=O)=O)c3)ccc2n1. The first-order valence-electron chi connectivity index (χ1n) is 11.0. The van der Waals surface area contributed by atoms with E-state index in [1.165, 1.54) is 12.6 Å². The smallest absolute Gasteiger partial charge is 0.246 e. The zero-order valence-corrected chi connectivity index (χ0v) is 20.0. The molecule has 0 radical (unpaired) electrons. The first kappa shape index (κ1) is 22.2. The highest BCUT2D eigenvalue weighted by Gasteiger charge is 2.41. The summed E-state index contributed by atoms with van der Waals surface area (Å²) < 4.78 is 32.0. The van der Waals surface area contributed by atoms with E-state index in [1.54, 1.807) is 29.2 Å². The highest BCUT2D eigenvalue weighted by atomic mass is 32.2. The van der Waals surface area contributed by atoms with Gasteiger partial charge in [-0.2, -0.15) is 10.1 Å². The van der Waals surface area contributed by atoms with Crippen molar-refractivity contribution in [3.05, 3.63) is 49.1 Å². The van der Waals surface area contributed by atoms with Crippen molar-refractivity contribution in [2.75, 3.05) is 11.6 Å². The van der Waals surface area contributed by atoms with Crippen LogP contribution in [0.4, 0.5) is 5.95 Å². The standard InChI is InChI=1S/C23H25N7O3S/c1-15(12-30-14-24-13-25-30)26-22-28-19-8-7-18(16-5-4-6-17(11-16)34(3,31)32)27-20(19)21(29-22)33-23(2)9-10-23/h4-8,11,13-15H,9-10,12H2,1-3H3,(H,26,28,29). The number of hydrogen-bond donors (Lipinski definition) is 1. The number of hydrogen-bond acceptors (Lipinski definition) is 9. The summed E-state index contributed by atoms with van der Waals surface area (Å²) in [5.74, 6) is 0.842. The molecule has 4 aromatic rings. The van der Waals surface area contributed by atoms with Crippen LogP contribution in [0.2, 0.25) is 0 Å². The van der Waals surface area contributed by atoms with E-state index in [0.29, 0.717) is 40.7 Å². The molecule has 0 aliphatic heterocycles. The molecule has 1 atom stereocenters. The molecule has 1 aliphatic carbocycles. The van der Waals surface area contributed by atoms with E-state index in [-0.39, 0.29) is 16.5 Å². The van der Waals surface area contributed by atoms with Crippen molar-refractivity contribution in [2.24, 2.45) is 0 Å². The number of nitrogens with zero attached hydrogens (tertiary/aromatic N) is 6. The zero-order chi connectivity index (χ0) is 23.9. The third kappa shape index (κ3) is 4.84. The van der Waals surface area contributed by atoms with Crippen LogP contribution >= 0.6 is 0 Å². The number of sulfone groups is 1. The normalized spacial score (nSPS) is 15.7. The number of aromatic nitrogens is 6. The second kappa shape index (κ2) is 8.32. The summed E-state index contributed by atoms with van der Waals surface area (Å²) in [7, 11) is -3.33. The third-order valence-electron chi connectivity index (χ3n) is 5.67. The Morgan fingerprint density at radius 1 is 1.18 bits per heavy atom. The van der Waals surface area contributed by atoms with Gasteiger partial charge < -0.3 is 10.1 Å². The molecule has 10 nitrogen and oxygen atoms in total. The van der Waals surface area contributed by atoms with Crippen LogP contribution in [0.3, 0.4) is 0 Å². The molecule has 0 saturated heterocycles. The minimum absolute atomic E-state index is 0.00511. The Balaban J connectivity index is 1.52. The molecule has 1 fully saturated rings. The van der Waals surface area contributed by atoms with E-state index in [1.807, 2.05) is 32.0 Å². The zero-order valence-electron chi connectivity index (χ0n) is 19.1. The predicted molar refractivity (Wildman–Crippen MR) is 127 cm³/mol. The number of pyridine rings is 1. The molecule has 34 heavy (non-hydrogen) atoms. The average molecular weight is 480 g/mol. The first-order chi connectivity index (χ1) is 16.2. The van der Waals surface area contributed by atoms with Gasteiger partial charge in [-0.1, -0.05) is 12.1 Å². The topological polar surface area (TPSA) is 125 Å². The fraction of sp³-hybridized carbons (Fsp3) is 0.348. The van der Waals surface area contributed by atoms with Gasteiger partial charge in [0.25, 0.3) is 0 Å². The molecule has 1 N–H and O–H groups in total. The lowest BCUT2D eigenvalue weighted by molar-refractivity contribution is 0.194. The van der Waals surface area contributed by atoms with E-state index >= 15 is 0 Å². The lowest BCUT2D eigenvalue weighted by Gasteiger charge is -2.17. The van der Waals surface area contributed by atoms with Gasteiger partial charge in [0.1, 0.15) is 18.3 Å². The van der Waals surface area contributed by atoms with Crippen LogP contribution in [0.5, 0.6) is 5.88 Å². The molecule has 3 heterocycles. The Kier molecular flexibility index (Phi) is 5.43. The molecule has 1 aromatic carbocycles. The van der Waals surface area contributed by atoms with Crippen molar-refractivity contribution in [1.82, 2.24) is 29.7 Å². The highest BCUT2D eigenvalue weighted by molar-refractivity contribution is 7.90. The summed E-state index contributed by atoms with van der Waals surface area (Å²) in [6, 6.07) is 10.4. The van der Waals surface area contributed by atoms with Crippen molar-refractivity contribution in [3.8, 4) is 17.1 Å². The van der Waals surface area contributed by atoms with E-state index in [2.05, 4.69) is 25.4 Å². The fourth-order valence-electron chi connectivity index (χ4n) is 3.56. The largest absolute Gasteiger partial charge is 0.470 e. The quantitative estimate of drug-likeness (QED) is 0.406. The van der Waals surface area contributed by atoms with E-state index in [9.17, 15) is 8.42 Å². The van der Waals surface area contributed by atoms with Gasteiger partial charge in [-0.15, -0.1) is 0 Å². The maximum atomic E-state index is 12.0. The maximum Gasteiger partial charge on any atom is 0.246 e. The average Bonchev–Trinajstić information content (AvgIpc) is 3.28. The minimum Gasteiger partial charge on any atom is -0.470 e. The first-order valence-corrected chi connectivity index (χ1v) is 12.8. The molecule has 1 aliphatic rings. The molecule has 0 amide bonds. The molecule has 5 rings (SSSR count). The van der Waals surface area contributed by atoms with Crippen LogP contribution in [0.15, 0.2) is 53.9 Å². The lowest BCUT2D eigenvalue weighted by atomic mass is 10.1. The minimum atomic E-state index is -3.33. The lowest BCUT2D eigenvalue weighted by Crippen LogP contribution is -2.24. The van der Waals surface area contributed by atoms with Gasteiger partial charge in [0.15, 0.2) is 15.4 Å². The number of nitrogens with one attached hydrogen (secondary N) is 1. The van der Waals surface area contributed by atoms with E-state index in [0.717, 1.165) is 12.8 Å². The Bertz CT molecular complexity index is 1450. The summed E-state index contributed by atoms with van der Waals surface area (Å²) in [6.07, 6.45) is 6.23. The fourth-order valence-corrected chi connectivity index (χ4v) is 4.22. The third-order valence-corrected chi connectivity index (χ3v) is 6.78. The Morgan fingerprint density at radius 3 is 2.71 bits per heavy atom. The van der Waals surface area contributed by atoms with Crippen molar-refractivity contribution < 1.29 is 13.2 Å². The van der Waals surface area contributed by atoms with Crippen molar-refractivity contribution in [3.63, 3.8) is 0 Å². The number of ether oxygens (including phenoxy) is 1. The molecule has 3 aromatic heterocycles. The number of benzene rings is 1. The van der Waals surface area contributed by atoms with Crippen LogP contribution in [0, 0.1) is 0 Å². The predicted octanol–water partition coefficient (Wildman–Crippen LogP) is 3.12. The van der Waals surface area contributed by atoms with Crippen molar-refractivity contribution in [1.29, 1.82) is 0 Å². The van der Waals surface area contributed by atoms with Gasteiger partial charge in [0, 0.05) is 17.9 Å². The summed E-state index contributed by atoms with van der Waals surface area (Å²) in [6.45, 7) is 4.65. The van der Waals surface area contributed by atoms with Crippen LogP contribution < -0.4 is 10.1 Å². The molecule has 1 saturated carbocycles. The van der Waals surface area contributed by atoms with Gasteiger partial charge in [0.05, 0.1) is 22.7 Å². The molecule has 0 bridgehead atoms. The number of fused-ring (bicyclic) bond motifs is 1. The van der Waals surface area contributed by atoms with Gasteiger partial charge >= 0.3 is 0 Å². The molecule has 1 unspecified atom stereocenters. The van der Waals surface area contributed by atoms with Crippen LogP contribution in [0.25, 0.3) is 22.3 Å². The Morgan fingerprint density at radius 2 is 2.00 bits per heavy atom. The maximum absolute atomic E-state index is 12.0. The van der Waals surface area contributed by atoms with E-state index < -0.39 is 9.84 Å². The van der Waals surface area contributed by atoms with Gasteiger partial charge in [0.2, 0.25) is 11.8 Å². The van der Waals surface area contributed by atoms with Crippen LogP contribution in [0.1, 0.15) is 26.7 Å². The second-order valence-electron chi connectivity index (χ2n) is 8.93. The molecule has 0 spiro atoms. The molecule has 176 valence electrons. The monoisotopic (exact) mass is 479 g/mol. The molecular formula is C23H25N7O3S.